The third-order valence-corrected chi connectivity index (χ3v) is 7.65. The first-order chi connectivity index (χ1) is 20.6. The van der Waals surface area contributed by atoms with Crippen LogP contribution in [0.5, 0.6) is 0 Å². The zero-order chi connectivity index (χ0) is 30.2. The minimum Gasteiger partial charge on any atom is -0.477 e. The quantitative estimate of drug-likeness (QED) is 0.337. The van der Waals surface area contributed by atoms with Crippen LogP contribution in [0.4, 0.5) is 19.0 Å². The molecule has 2 aromatic carbocycles. The van der Waals surface area contributed by atoms with Gasteiger partial charge in [0.25, 0.3) is 11.8 Å². The maximum absolute atomic E-state index is 15.5. The van der Waals surface area contributed by atoms with E-state index in [0.717, 1.165) is 33.9 Å². The Morgan fingerprint density at radius 3 is 2.42 bits per heavy atom. The summed E-state index contributed by atoms with van der Waals surface area (Å²) in [5.41, 5.74) is 2.06. The van der Waals surface area contributed by atoms with Gasteiger partial charge in [-0.25, -0.2) is 22.9 Å². The predicted octanol–water partition coefficient (Wildman–Crippen LogP) is 2.77. The molecule has 0 saturated carbocycles. The van der Waals surface area contributed by atoms with Gasteiger partial charge in [-0.2, -0.15) is 0 Å². The normalized spacial score (nSPS) is 17.6. The zero-order valence-corrected chi connectivity index (χ0v) is 21.8. The lowest BCUT2D eigenvalue weighted by Crippen LogP contribution is -2.35. The lowest BCUT2D eigenvalue weighted by molar-refractivity contribution is 0.0441. The molecular formula is C29H18F3N5O6. The van der Waals surface area contributed by atoms with E-state index in [9.17, 15) is 33.1 Å². The van der Waals surface area contributed by atoms with Crippen molar-refractivity contribution in [2.75, 3.05) is 24.5 Å². The average molecular weight is 589 g/mol. The van der Waals surface area contributed by atoms with Crippen molar-refractivity contribution in [2.24, 2.45) is 0 Å². The second kappa shape index (κ2) is 9.52. The number of fused-ring (bicyclic) bond motifs is 3. The number of carbonyl (C=O) groups excluding carboxylic acids is 2. The number of aromatic carboxylic acids is 1. The van der Waals surface area contributed by atoms with Crippen LogP contribution in [0.1, 0.15) is 31.1 Å². The number of hydroxylamine groups is 1. The summed E-state index contributed by atoms with van der Waals surface area (Å²) in [6, 6.07) is 9.85. The Morgan fingerprint density at radius 2 is 1.74 bits per heavy atom. The van der Waals surface area contributed by atoms with Gasteiger partial charge in [0.05, 0.1) is 41.0 Å². The van der Waals surface area contributed by atoms with Crippen molar-refractivity contribution in [2.45, 2.75) is 6.10 Å². The summed E-state index contributed by atoms with van der Waals surface area (Å²) in [5, 5.41) is 9.13. The number of aromatic nitrogens is 2. The topological polar surface area (TPSA) is 134 Å². The van der Waals surface area contributed by atoms with Crippen molar-refractivity contribution in [3.8, 4) is 5.69 Å². The standard InChI is InChI=1S/C29H18F3N5O6/c30-13-5-6-22(19(31)7-13)36-10-18(29(41)42)24(38)16-8-20(32)26(33-25(16)36)35-9-17-21(34-43-23(17)12-35)11-37-27(39)14-3-1-2-4-15(14)28(37)40/h1-8,10,23,34H,9,11-12H2,(H,41,42). The third-order valence-electron chi connectivity index (χ3n) is 7.65. The summed E-state index contributed by atoms with van der Waals surface area (Å²) in [6.45, 7) is 0.0423. The van der Waals surface area contributed by atoms with Gasteiger partial charge in [0.1, 0.15) is 23.3 Å². The number of imide groups is 1. The van der Waals surface area contributed by atoms with Gasteiger partial charge in [0.2, 0.25) is 5.43 Å². The molecule has 3 aliphatic rings. The molecule has 2 N–H and O–H groups in total. The molecule has 1 atom stereocenters. The van der Waals surface area contributed by atoms with Crippen molar-refractivity contribution >= 4 is 34.6 Å². The summed E-state index contributed by atoms with van der Waals surface area (Å²) >= 11 is 0. The number of carbonyl (C=O) groups is 3. The Bertz CT molecular complexity index is 1990. The van der Waals surface area contributed by atoms with Crippen LogP contribution >= 0.6 is 0 Å². The van der Waals surface area contributed by atoms with E-state index in [1.54, 1.807) is 24.3 Å². The first kappa shape index (κ1) is 26.4. The van der Waals surface area contributed by atoms with Crippen LogP contribution in [0.3, 0.4) is 0 Å². The van der Waals surface area contributed by atoms with Crippen LogP contribution in [0.25, 0.3) is 16.7 Å². The molecule has 2 amide bonds. The number of rotatable bonds is 5. The number of hydrogen-bond donors (Lipinski definition) is 2. The van der Waals surface area contributed by atoms with Crippen LogP contribution in [0.15, 0.2) is 70.8 Å². The number of benzene rings is 2. The zero-order valence-electron chi connectivity index (χ0n) is 21.8. The van der Waals surface area contributed by atoms with E-state index < -0.39 is 57.7 Å². The highest BCUT2D eigenvalue weighted by molar-refractivity contribution is 6.21. The minimum atomic E-state index is -1.62. The monoisotopic (exact) mass is 589 g/mol. The molecular weight excluding hydrogens is 571 g/mol. The van der Waals surface area contributed by atoms with Gasteiger partial charge in [-0.1, -0.05) is 12.1 Å². The average Bonchev–Trinajstić information content (AvgIpc) is 3.63. The Kier molecular flexibility index (Phi) is 5.85. The summed E-state index contributed by atoms with van der Waals surface area (Å²) in [4.78, 5) is 62.9. The molecule has 43 heavy (non-hydrogen) atoms. The van der Waals surface area contributed by atoms with Gasteiger partial charge in [0.15, 0.2) is 17.3 Å². The summed E-state index contributed by atoms with van der Waals surface area (Å²) in [5.74, 6) is -5.67. The van der Waals surface area contributed by atoms with Crippen LogP contribution in [0.2, 0.25) is 0 Å². The molecule has 1 fully saturated rings. The van der Waals surface area contributed by atoms with Crippen molar-refractivity contribution in [3.05, 3.63) is 110 Å². The molecule has 1 saturated heterocycles. The van der Waals surface area contributed by atoms with Crippen molar-refractivity contribution in [3.63, 3.8) is 0 Å². The maximum atomic E-state index is 15.5. The number of anilines is 1. The Balaban J connectivity index is 1.27. The van der Waals surface area contributed by atoms with E-state index in [2.05, 4.69) is 10.5 Å². The molecule has 0 spiro atoms. The number of nitrogens with one attached hydrogen (secondary N) is 1. The molecule has 5 heterocycles. The SMILES string of the molecule is O=C(O)c1cn(-c2ccc(F)cc2F)c2nc(N3CC4=C(CN5C(=O)c6ccccc6C5=O)NOC4C3)c(F)cc2c1=O. The highest BCUT2D eigenvalue weighted by Gasteiger charge is 2.41. The third kappa shape index (κ3) is 4.06. The maximum Gasteiger partial charge on any atom is 0.341 e. The highest BCUT2D eigenvalue weighted by Crippen LogP contribution is 2.33. The minimum absolute atomic E-state index is 0.0634. The van der Waals surface area contributed by atoms with Crippen LogP contribution in [-0.4, -0.2) is 63.1 Å². The van der Waals surface area contributed by atoms with Crippen LogP contribution in [-0.2, 0) is 4.84 Å². The van der Waals surface area contributed by atoms with Gasteiger partial charge >= 0.3 is 5.97 Å². The number of pyridine rings is 2. The second-order valence-electron chi connectivity index (χ2n) is 10.1. The second-order valence-corrected chi connectivity index (χ2v) is 10.1. The highest BCUT2D eigenvalue weighted by atomic mass is 19.1. The van der Waals surface area contributed by atoms with Gasteiger partial charge < -0.3 is 10.0 Å². The largest absolute Gasteiger partial charge is 0.477 e. The van der Waals surface area contributed by atoms with Gasteiger partial charge in [-0.3, -0.25) is 34.2 Å². The number of carboxylic acid groups (broad SMARTS) is 1. The van der Waals surface area contributed by atoms with Crippen molar-refractivity contribution in [1.29, 1.82) is 0 Å². The number of hydrogen-bond acceptors (Lipinski definition) is 8. The fourth-order valence-electron chi connectivity index (χ4n) is 5.57. The summed E-state index contributed by atoms with van der Waals surface area (Å²) < 4.78 is 44.9. The Labute approximate surface area is 239 Å². The Morgan fingerprint density at radius 1 is 1.02 bits per heavy atom. The molecule has 0 bridgehead atoms. The van der Waals surface area contributed by atoms with E-state index >= 15 is 4.39 Å². The molecule has 216 valence electrons. The lowest BCUT2D eigenvalue weighted by Gasteiger charge is -2.21. The van der Waals surface area contributed by atoms with Crippen LogP contribution in [0, 0.1) is 17.5 Å². The smallest absolute Gasteiger partial charge is 0.341 e. The van der Waals surface area contributed by atoms with Crippen LogP contribution < -0.4 is 15.8 Å². The Hall–Kier alpha value is -5.50. The van der Waals surface area contributed by atoms with Gasteiger partial charge in [-0.05, 0) is 30.3 Å². The van der Waals surface area contributed by atoms with E-state index in [4.69, 9.17) is 4.84 Å². The van der Waals surface area contributed by atoms with E-state index in [1.165, 1.54) is 4.90 Å². The first-order valence-corrected chi connectivity index (χ1v) is 12.9. The fourth-order valence-corrected chi connectivity index (χ4v) is 5.57. The van der Waals surface area contributed by atoms with E-state index in [0.29, 0.717) is 28.5 Å². The molecule has 1 unspecified atom stereocenters. The number of halogens is 3. The predicted molar refractivity (Wildman–Crippen MR) is 143 cm³/mol. The molecule has 14 heteroatoms. The molecule has 0 radical (unpaired) electrons. The number of nitrogens with zero attached hydrogens (tertiary/aromatic N) is 4. The van der Waals surface area contributed by atoms with Gasteiger partial charge in [-0.15, -0.1) is 0 Å². The molecule has 4 aromatic rings. The van der Waals surface area contributed by atoms with Crippen molar-refractivity contribution < 1.29 is 37.5 Å². The van der Waals surface area contributed by atoms with E-state index in [1.807, 2.05) is 0 Å². The summed E-state index contributed by atoms with van der Waals surface area (Å²) in [6.07, 6.45) is 0.264. The molecule has 11 nitrogen and oxygen atoms in total. The molecule has 0 aliphatic carbocycles. The molecule has 3 aliphatic heterocycles. The van der Waals surface area contributed by atoms with Crippen molar-refractivity contribution in [1.82, 2.24) is 19.9 Å². The number of amides is 2. The number of carboxylic acids is 1. The lowest BCUT2D eigenvalue weighted by atomic mass is 10.1. The summed E-state index contributed by atoms with van der Waals surface area (Å²) in [7, 11) is 0. The van der Waals surface area contributed by atoms with Gasteiger partial charge in [0, 0.05) is 24.4 Å². The molecule has 7 rings (SSSR count). The first-order valence-electron chi connectivity index (χ1n) is 12.9. The fraction of sp³-hybridized carbons (Fsp3) is 0.138. The van der Waals surface area contributed by atoms with E-state index in [-0.39, 0.29) is 36.8 Å². The molecule has 2 aromatic heterocycles.